The summed E-state index contributed by atoms with van der Waals surface area (Å²) in [7, 11) is 0. The topological polar surface area (TPSA) is 81.4 Å². The lowest BCUT2D eigenvalue weighted by molar-refractivity contribution is -0.172. The first kappa shape index (κ1) is 20.5. The van der Waals surface area contributed by atoms with Crippen LogP contribution in [0.1, 0.15) is 67.0 Å². The lowest BCUT2D eigenvalue weighted by atomic mass is 9.80. The molecule has 3 aromatic rings. The number of rotatable bonds is 1. The normalized spacial score (nSPS) is 22.1. The van der Waals surface area contributed by atoms with Gasteiger partial charge in [0.05, 0.1) is 28.0 Å². The Labute approximate surface area is 190 Å². The van der Waals surface area contributed by atoms with Crippen LogP contribution in [0.4, 0.5) is 4.39 Å². The standard InChI is InChI=1S/C26H25FN2O4/c1-5-26(32)16-9-19-22-21(25(3,4)29(19)23(30)15(16)11-33-24(26)31)14-8-6-7-13-12(2)17(27)10-18(28-22)20(13)14/h9-10,32H,5-8,11H2,1-4H3/t26-/m0/s1. The Morgan fingerprint density at radius 1 is 1.18 bits per heavy atom. The maximum atomic E-state index is 14.8. The molecule has 0 unspecified atom stereocenters. The second-order valence-electron chi connectivity index (χ2n) is 9.93. The molecule has 0 amide bonds. The van der Waals surface area contributed by atoms with Crippen LogP contribution in [0.5, 0.6) is 0 Å². The van der Waals surface area contributed by atoms with Crippen LogP contribution >= 0.6 is 0 Å². The van der Waals surface area contributed by atoms with Crippen molar-refractivity contribution >= 4 is 16.9 Å². The highest BCUT2D eigenvalue weighted by Gasteiger charge is 2.48. The molecule has 1 aliphatic carbocycles. The summed E-state index contributed by atoms with van der Waals surface area (Å²) in [6, 6.07) is 3.20. The van der Waals surface area contributed by atoms with Crippen LogP contribution < -0.4 is 5.56 Å². The largest absolute Gasteiger partial charge is 0.458 e. The SMILES string of the molecule is CC[C@@]1(O)C(=O)OCc2c1cc1n(c2=O)C(C)(C)c2c-1nc1cc(F)c(C)c3c1c2CCC3. The van der Waals surface area contributed by atoms with Crippen molar-refractivity contribution in [2.45, 2.75) is 71.1 Å². The molecule has 7 heteroatoms. The van der Waals surface area contributed by atoms with E-state index >= 15 is 0 Å². The third-order valence-electron chi connectivity index (χ3n) is 7.92. The molecule has 170 valence electrons. The molecule has 1 atom stereocenters. The first-order valence-corrected chi connectivity index (χ1v) is 11.5. The third-order valence-corrected chi connectivity index (χ3v) is 7.92. The van der Waals surface area contributed by atoms with E-state index < -0.39 is 17.1 Å². The average molecular weight is 448 g/mol. The summed E-state index contributed by atoms with van der Waals surface area (Å²) in [6.45, 7) is 7.31. The number of ether oxygens (including phenoxy) is 1. The highest BCUT2D eigenvalue weighted by molar-refractivity contribution is 5.93. The lowest BCUT2D eigenvalue weighted by Gasteiger charge is -2.33. The monoisotopic (exact) mass is 448 g/mol. The van der Waals surface area contributed by atoms with Crippen LogP contribution in [0.15, 0.2) is 16.9 Å². The van der Waals surface area contributed by atoms with E-state index in [0.717, 1.165) is 41.3 Å². The van der Waals surface area contributed by atoms with E-state index in [1.54, 1.807) is 17.6 Å². The Bertz CT molecular complexity index is 1490. The van der Waals surface area contributed by atoms with E-state index in [0.29, 0.717) is 28.0 Å². The summed E-state index contributed by atoms with van der Waals surface area (Å²) in [5.41, 5.74) is 3.21. The number of aliphatic hydroxyl groups is 1. The molecular formula is C26H25FN2O4. The highest BCUT2D eigenvalue weighted by Crippen LogP contribution is 2.49. The van der Waals surface area contributed by atoms with Gasteiger partial charge >= 0.3 is 5.97 Å². The number of fused-ring (bicyclic) bond motifs is 5. The Balaban J connectivity index is 1.76. The van der Waals surface area contributed by atoms with E-state index in [9.17, 15) is 19.1 Å². The van der Waals surface area contributed by atoms with E-state index in [-0.39, 0.29) is 30.0 Å². The molecule has 0 fully saturated rings. The Kier molecular flexibility index (Phi) is 3.91. The third kappa shape index (κ3) is 2.33. The van der Waals surface area contributed by atoms with Gasteiger partial charge in [-0.15, -0.1) is 0 Å². The van der Waals surface area contributed by atoms with Crippen LogP contribution in [-0.2, 0) is 40.1 Å². The minimum absolute atomic E-state index is 0.0855. The fourth-order valence-electron chi connectivity index (χ4n) is 6.20. The lowest BCUT2D eigenvalue weighted by Crippen LogP contribution is -2.46. The highest BCUT2D eigenvalue weighted by atomic mass is 19.1. The van der Waals surface area contributed by atoms with Gasteiger partial charge in [-0.1, -0.05) is 6.92 Å². The molecule has 2 aliphatic heterocycles. The average Bonchev–Trinajstić information content (AvgIpc) is 3.01. The quantitative estimate of drug-likeness (QED) is 0.574. The molecule has 2 aromatic heterocycles. The number of hydrogen-bond acceptors (Lipinski definition) is 5. The molecule has 3 aliphatic rings. The summed E-state index contributed by atoms with van der Waals surface area (Å²) in [6.07, 6.45) is 2.62. The Morgan fingerprint density at radius 3 is 2.64 bits per heavy atom. The summed E-state index contributed by atoms with van der Waals surface area (Å²) >= 11 is 0. The van der Waals surface area contributed by atoms with Crippen molar-refractivity contribution in [3.05, 3.63) is 61.7 Å². The number of halogens is 1. The summed E-state index contributed by atoms with van der Waals surface area (Å²) in [4.78, 5) is 31.1. The van der Waals surface area contributed by atoms with Gasteiger partial charge in [-0.05, 0) is 69.2 Å². The molecular weight excluding hydrogens is 423 g/mol. The van der Waals surface area contributed by atoms with Crippen LogP contribution in [0.25, 0.3) is 22.3 Å². The predicted octanol–water partition coefficient (Wildman–Crippen LogP) is 3.75. The number of nitrogens with zero attached hydrogens (tertiary/aromatic N) is 2. The number of benzene rings is 1. The number of hydrogen-bond donors (Lipinski definition) is 1. The molecule has 1 N–H and O–H groups in total. The molecule has 0 saturated heterocycles. The van der Waals surface area contributed by atoms with Gasteiger partial charge in [0.15, 0.2) is 5.60 Å². The maximum absolute atomic E-state index is 14.8. The van der Waals surface area contributed by atoms with Crippen LogP contribution in [0.3, 0.4) is 0 Å². The summed E-state index contributed by atoms with van der Waals surface area (Å²) in [5, 5.41) is 12.1. The van der Waals surface area contributed by atoms with Gasteiger partial charge in [-0.25, -0.2) is 14.2 Å². The predicted molar refractivity (Wildman–Crippen MR) is 121 cm³/mol. The van der Waals surface area contributed by atoms with E-state index in [1.165, 1.54) is 6.07 Å². The molecule has 6 rings (SSSR count). The number of pyridine rings is 2. The van der Waals surface area contributed by atoms with Crippen LogP contribution in [-0.4, -0.2) is 20.6 Å². The van der Waals surface area contributed by atoms with Crippen molar-refractivity contribution in [2.75, 3.05) is 0 Å². The maximum Gasteiger partial charge on any atom is 0.343 e. The molecule has 4 heterocycles. The number of aromatic nitrogens is 2. The van der Waals surface area contributed by atoms with Crippen LogP contribution in [0.2, 0.25) is 0 Å². The molecule has 1 aromatic carbocycles. The molecule has 0 bridgehead atoms. The number of carbonyl (C=O) groups excluding carboxylic acids is 1. The van der Waals surface area contributed by atoms with Gasteiger partial charge in [0.2, 0.25) is 0 Å². The zero-order valence-corrected chi connectivity index (χ0v) is 19.1. The first-order chi connectivity index (χ1) is 15.6. The van der Waals surface area contributed by atoms with Crippen molar-refractivity contribution < 1.29 is 19.0 Å². The van der Waals surface area contributed by atoms with Crippen molar-refractivity contribution in [3.63, 3.8) is 0 Å². The van der Waals surface area contributed by atoms with Gasteiger partial charge in [-0.3, -0.25) is 9.36 Å². The number of aryl methyl sites for hydroxylation is 2. The smallest absolute Gasteiger partial charge is 0.343 e. The molecule has 0 saturated carbocycles. The molecule has 0 spiro atoms. The fraction of sp³-hybridized carbons (Fsp3) is 0.423. The first-order valence-electron chi connectivity index (χ1n) is 11.5. The zero-order chi connectivity index (χ0) is 23.4. The van der Waals surface area contributed by atoms with Crippen molar-refractivity contribution in [3.8, 4) is 11.4 Å². The van der Waals surface area contributed by atoms with Crippen LogP contribution in [0, 0.1) is 12.7 Å². The zero-order valence-electron chi connectivity index (χ0n) is 19.1. The van der Waals surface area contributed by atoms with E-state index in [1.807, 2.05) is 20.8 Å². The van der Waals surface area contributed by atoms with Gasteiger partial charge in [0, 0.05) is 22.6 Å². The second kappa shape index (κ2) is 6.29. The Hall–Kier alpha value is -3.06. The molecule has 6 nitrogen and oxygen atoms in total. The minimum Gasteiger partial charge on any atom is -0.458 e. The minimum atomic E-state index is -1.88. The van der Waals surface area contributed by atoms with E-state index in [4.69, 9.17) is 9.72 Å². The Morgan fingerprint density at radius 2 is 1.91 bits per heavy atom. The summed E-state index contributed by atoms with van der Waals surface area (Å²) < 4.78 is 21.6. The van der Waals surface area contributed by atoms with Gasteiger partial charge < -0.3 is 9.84 Å². The van der Waals surface area contributed by atoms with Gasteiger partial charge in [-0.2, -0.15) is 0 Å². The molecule has 33 heavy (non-hydrogen) atoms. The van der Waals surface area contributed by atoms with Crippen molar-refractivity contribution in [1.82, 2.24) is 9.55 Å². The molecule has 0 radical (unpaired) electrons. The summed E-state index contributed by atoms with van der Waals surface area (Å²) in [5.74, 6) is -1.02. The number of esters is 1. The van der Waals surface area contributed by atoms with Crippen molar-refractivity contribution in [2.24, 2.45) is 0 Å². The van der Waals surface area contributed by atoms with E-state index in [2.05, 4.69) is 0 Å². The number of carbonyl (C=O) groups is 1. The second-order valence-corrected chi connectivity index (χ2v) is 9.93. The van der Waals surface area contributed by atoms with Gasteiger partial charge in [0.25, 0.3) is 5.56 Å². The van der Waals surface area contributed by atoms with Crippen molar-refractivity contribution in [1.29, 1.82) is 0 Å². The number of cyclic esters (lactones) is 1. The fourth-order valence-corrected chi connectivity index (χ4v) is 6.20. The van der Waals surface area contributed by atoms with Gasteiger partial charge in [0.1, 0.15) is 12.4 Å².